The number of halogens is 7. The summed E-state index contributed by atoms with van der Waals surface area (Å²) in [6, 6.07) is 15.4. The summed E-state index contributed by atoms with van der Waals surface area (Å²) < 4.78 is 95.2. The predicted octanol–water partition coefficient (Wildman–Crippen LogP) is 7.88. The largest absolute Gasteiger partial charge is 0.416 e. The van der Waals surface area contributed by atoms with Gasteiger partial charge in [-0.25, -0.2) is 4.39 Å². The van der Waals surface area contributed by atoms with Crippen molar-refractivity contribution in [1.82, 2.24) is 9.80 Å². The van der Waals surface area contributed by atoms with E-state index in [0.717, 1.165) is 18.2 Å². The number of hydrogen-bond acceptors (Lipinski definition) is 2. The Morgan fingerprint density at radius 1 is 0.902 bits per heavy atom. The van der Waals surface area contributed by atoms with Crippen molar-refractivity contribution in [3.63, 3.8) is 0 Å². The Morgan fingerprint density at radius 2 is 1.59 bits per heavy atom. The third kappa shape index (κ3) is 7.67. The Bertz CT molecular complexity index is 1340. The van der Waals surface area contributed by atoms with E-state index in [9.17, 15) is 35.5 Å². The van der Waals surface area contributed by atoms with Gasteiger partial charge < -0.3 is 4.90 Å². The van der Waals surface area contributed by atoms with E-state index in [-0.39, 0.29) is 55.0 Å². The highest BCUT2D eigenvalue weighted by atomic mass is 19.4. The van der Waals surface area contributed by atoms with Crippen LogP contribution in [0.5, 0.6) is 0 Å². The normalized spacial score (nSPS) is 18.2. The Morgan fingerprint density at radius 3 is 2.22 bits per heavy atom. The summed E-state index contributed by atoms with van der Waals surface area (Å²) in [5, 5.41) is 0. The lowest BCUT2D eigenvalue weighted by molar-refractivity contribution is -0.139. The van der Waals surface area contributed by atoms with Crippen LogP contribution in [0, 0.1) is 17.7 Å². The van der Waals surface area contributed by atoms with Crippen molar-refractivity contribution in [3.8, 4) is 0 Å². The average molecular weight is 581 g/mol. The molecular weight excluding hydrogens is 549 g/mol. The van der Waals surface area contributed by atoms with Gasteiger partial charge in [0.25, 0.3) is 5.91 Å². The lowest BCUT2D eigenvalue weighted by Crippen LogP contribution is -2.39. The number of carbonyl (C=O) groups excluding carboxylic acids is 1. The first kappa shape index (κ1) is 30.6. The molecule has 0 aromatic heterocycles. The fourth-order valence-corrected chi connectivity index (χ4v) is 5.51. The van der Waals surface area contributed by atoms with Gasteiger partial charge in [-0.15, -0.1) is 0 Å². The Kier molecular flexibility index (Phi) is 9.11. The molecule has 3 nitrogen and oxygen atoms in total. The molecule has 0 radical (unpaired) electrons. The highest BCUT2D eigenvalue weighted by molar-refractivity contribution is 5.94. The number of benzene rings is 3. The van der Waals surface area contributed by atoms with Crippen molar-refractivity contribution < 1.29 is 35.5 Å². The molecule has 0 saturated carbocycles. The van der Waals surface area contributed by atoms with Crippen LogP contribution in [0.1, 0.15) is 52.4 Å². The molecule has 1 saturated heterocycles. The molecule has 3 aromatic rings. The zero-order valence-electron chi connectivity index (χ0n) is 22.6. The molecule has 220 valence electrons. The van der Waals surface area contributed by atoms with Gasteiger partial charge in [-0.1, -0.05) is 50.2 Å². The Hall–Kier alpha value is -3.40. The van der Waals surface area contributed by atoms with Gasteiger partial charge in [0.05, 0.1) is 11.1 Å². The Balaban J connectivity index is 1.67. The van der Waals surface area contributed by atoms with Gasteiger partial charge in [0.2, 0.25) is 0 Å². The Labute approximate surface area is 234 Å². The van der Waals surface area contributed by atoms with E-state index in [2.05, 4.69) is 0 Å². The minimum atomic E-state index is -4.56. The number of rotatable bonds is 8. The second-order valence-corrected chi connectivity index (χ2v) is 10.9. The standard InChI is InChI=1S/C31H31F7N2O/c1-20(2)15-40(29(41)21-10-12-26(32)13-11-21)18-24-17-39(16-23-6-3-4-9-28(23)31(36,37)38)19-27(24)22-7-5-8-25(14-22)30(33,34)35/h3-14,20,24,27H,15-19H2,1-2H3. The highest BCUT2D eigenvalue weighted by Crippen LogP contribution is 2.39. The zero-order chi connectivity index (χ0) is 29.9. The lowest BCUT2D eigenvalue weighted by Gasteiger charge is -2.30. The van der Waals surface area contributed by atoms with Crippen LogP contribution in [0.3, 0.4) is 0 Å². The highest BCUT2D eigenvalue weighted by Gasteiger charge is 2.39. The maximum Gasteiger partial charge on any atom is 0.416 e. The third-order valence-electron chi connectivity index (χ3n) is 7.29. The maximum atomic E-state index is 13.7. The number of likely N-dealkylation sites (tertiary alicyclic amines) is 1. The monoisotopic (exact) mass is 580 g/mol. The second-order valence-electron chi connectivity index (χ2n) is 10.9. The van der Waals surface area contributed by atoms with Gasteiger partial charge in [0.1, 0.15) is 5.82 Å². The molecule has 1 heterocycles. The third-order valence-corrected chi connectivity index (χ3v) is 7.29. The summed E-state index contributed by atoms with van der Waals surface area (Å²) >= 11 is 0. The summed E-state index contributed by atoms with van der Waals surface area (Å²) in [4.78, 5) is 16.9. The molecule has 2 atom stereocenters. The fourth-order valence-electron chi connectivity index (χ4n) is 5.51. The van der Waals surface area contributed by atoms with Gasteiger partial charge in [0.15, 0.2) is 0 Å². The maximum absolute atomic E-state index is 13.7. The first-order valence-corrected chi connectivity index (χ1v) is 13.3. The van der Waals surface area contributed by atoms with Crippen LogP contribution in [0.2, 0.25) is 0 Å². The number of hydrogen-bond donors (Lipinski definition) is 0. The van der Waals surface area contributed by atoms with E-state index in [1.165, 1.54) is 48.5 Å². The molecule has 1 amide bonds. The minimum absolute atomic E-state index is 0.0439. The number of nitrogens with zero attached hydrogens (tertiary/aromatic N) is 2. The van der Waals surface area contributed by atoms with E-state index in [1.54, 1.807) is 15.9 Å². The second kappa shape index (κ2) is 12.2. The number of alkyl halides is 6. The summed E-state index contributed by atoms with van der Waals surface area (Å²) in [7, 11) is 0. The van der Waals surface area contributed by atoms with Gasteiger partial charge >= 0.3 is 12.4 Å². The van der Waals surface area contributed by atoms with Crippen LogP contribution in [0.15, 0.2) is 72.8 Å². The molecule has 2 unspecified atom stereocenters. The van der Waals surface area contributed by atoms with Crippen molar-refractivity contribution in [2.45, 2.75) is 38.7 Å². The van der Waals surface area contributed by atoms with Crippen LogP contribution in [0.25, 0.3) is 0 Å². The SMILES string of the molecule is CC(C)CN(CC1CN(Cc2ccccc2C(F)(F)F)CC1c1cccc(C(F)(F)F)c1)C(=O)c1ccc(F)cc1. The van der Waals surface area contributed by atoms with Crippen LogP contribution in [0.4, 0.5) is 30.7 Å². The molecule has 4 rings (SSSR count). The lowest BCUT2D eigenvalue weighted by atomic mass is 9.87. The summed E-state index contributed by atoms with van der Waals surface area (Å²) in [6.07, 6.45) is -9.11. The van der Waals surface area contributed by atoms with E-state index < -0.39 is 35.2 Å². The molecule has 1 aliphatic rings. The van der Waals surface area contributed by atoms with Crippen LogP contribution in [-0.4, -0.2) is 41.9 Å². The van der Waals surface area contributed by atoms with Crippen molar-refractivity contribution in [2.75, 3.05) is 26.2 Å². The van der Waals surface area contributed by atoms with E-state index in [4.69, 9.17) is 0 Å². The molecule has 41 heavy (non-hydrogen) atoms. The number of carbonyl (C=O) groups is 1. The van der Waals surface area contributed by atoms with Gasteiger partial charge in [-0.05, 0) is 59.4 Å². The quantitative estimate of drug-likeness (QED) is 0.253. The first-order chi connectivity index (χ1) is 19.2. The molecule has 1 fully saturated rings. The summed E-state index contributed by atoms with van der Waals surface area (Å²) in [6.45, 7) is 4.81. The van der Waals surface area contributed by atoms with Crippen molar-refractivity contribution in [2.24, 2.45) is 11.8 Å². The van der Waals surface area contributed by atoms with E-state index in [1.807, 2.05) is 13.8 Å². The molecule has 0 N–H and O–H groups in total. The summed E-state index contributed by atoms with van der Waals surface area (Å²) in [5.41, 5.74) is -0.806. The average Bonchev–Trinajstić information content (AvgIpc) is 3.29. The smallest absolute Gasteiger partial charge is 0.338 e. The van der Waals surface area contributed by atoms with Crippen molar-refractivity contribution >= 4 is 5.91 Å². The van der Waals surface area contributed by atoms with Gasteiger partial charge in [-0.3, -0.25) is 9.69 Å². The van der Waals surface area contributed by atoms with E-state index in [0.29, 0.717) is 12.1 Å². The van der Waals surface area contributed by atoms with Crippen molar-refractivity contribution in [3.05, 3.63) is 106 Å². The predicted molar refractivity (Wildman–Crippen MR) is 142 cm³/mol. The first-order valence-electron chi connectivity index (χ1n) is 13.3. The topological polar surface area (TPSA) is 23.6 Å². The zero-order valence-corrected chi connectivity index (χ0v) is 22.6. The van der Waals surface area contributed by atoms with Crippen LogP contribution < -0.4 is 0 Å². The fraction of sp³-hybridized carbons (Fsp3) is 0.387. The molecular formula is C31H31F7N2O. The molecule has 3 aromatic carbocycles. The van der Waals surface area contributed by atoms with Crippen LogP contribution in [-0.2, 0) is 18.9 Å². The molecule has 0 spiro atoms. The van der Waals surface area contributed by atoms with Crippen molar-refractivity contribution in [1.29, 1.82) is 0 Å². The van der Waals surface area contributed by atoms with Crippen LogP contribution >= 0.6 is 0 Å². The molecule has 1 aliphatic heterocycles. The van der Waals surface area contributed by atoms with Gasteiger partial charge in [-0.2, -0.15) is 26.3 Å². The summed E-state index contributed by atoms with van der Waals surface area (Å²) in [5.74, 6) is -1.61. The van der Waals surface area contributed by atoms with E-state index >= 15 is 0 Å². The van der Waals surface area contributed by atoms with Gasteiger partial charge in [0, 0.05) is 44.2 Å². The number of amides is 1. The minimum Gasteiger partial charge on any atom is -0.338 e. The molecule has 0 aliphatic carbocycles. The molecule has 0 bridgehead atoms. The molecule has 10 heteroatoms.